The number of ether oxygens (including phenoxy) is 2. The maximum atomic E-state index is 13.8. The number of carbonyl (C=O) groups excluding carboxylic acids is 2. The fourth-order valence-corrected chi connectivity index (χ4v) is 6.09. The lowest BCUT2D eigenvalue weighted by Gasteiger charge is -2.46. The van der Waals surface area contributed by atoms with Crippen LogP contribution in [-0.4, -0.2) is 56.7 Å². The maximum absolute atomic E-state index is 13.8. The quantitative estimate of drug-likeness (QED) is 0.576. The van der Waals surface area contributed by atoms with E-state index in [0.29, 0.717) is 36.9 Å². The first kappa shape index (κ1) is 18.6. The van der Waals surface area contributed by atoms with Crippen LogP contribution in [0.4, 0.5) is 5.69 Å². The Balaban J connectivity index is 1.70. The normalized spacial score (nSPS) is 36.5. The predicted molar refractivity (Wildman–Crippen MR) is 105 cm³/mol. The smallest absolute Gasteiger partial charge is 0.264 e. The van der Waals surface area contributed by atoms with Crippen LogP contribution in [-0.2, 0) is 24.6 Å². The molecular weight excluding hydrogens is 372 g/mol. The second-order valence-corrected chi connectivity index (χ2v) is 8.38. The number of rotatable bonds is 3. The predicted octanol–water partition coefficient (Wildman–Crippen LogP) is 2.05. The van der Waals surface area contributed by atoms with Crippen LogP contribution in [0.25, 0.3) is 0 Å². The van der Waals surface area contributed by atoms with Crippen LogP contribution in [0.5, 0.6) is 5.75 Å². The van der Waals surface area contributed by atoms with Gasteiger partial charge in [-0.25, -0.2) is 0 Å². The van der Waals surface area contributed by atoms with E-state index in [0.717, 1.165) is 18.4 Å². The van der Waals surface area contributed by atoms with Crippen molar-refractivity contribution in [2.45, 2.75) is 37.3 Å². The minimum atomic E-state index is -0.865. The van der Waals surface area contributed by atoms with Crippen molar-refractivity contribution >= 4 is 18.0 Å². The van der Waals surface area contributed by atoms with Crippen LogP contribution in [0.3, 0.4) is 0 Å². The van der Waals surface area contributed by atoms with Gasteiger partial charge in [-0.05, 0) is 37.3 Å². The van der Waals surface area contributed by atoms with Gasteiger partial charge in [0.15, 0.2) is 0 Å². The zero-order chi connectivity index (χ0) is 20.3. The van der Waals surface area contributed by atoms with Gasteiger partial charge in [-0.2, -0.15) is 5.06 Å². The van der Waals surface area contributed by atoms with E-state index in [1.54, 1.807) is 7.11 Å². The van der Waals surface area contributed by atoms with Crippen molar-refractivity contribution < 1.29 is 23.9 Å². The number of hydrogen-bond acceptors (Lipinski definition) is 5. The monoisotopic (exact) mass is 398 g/mol. The van der Waals surface area contributed by atoms with Gasteiger partial charge in [0, 0.05) is 24.6 Å². The van der Waals surface area contributed by atoms with Gasteiger partial charge in [-0.1, -0.05) is 17.7 Å². The van der Waals surface area contributed by atoms with Crippen LogP contribution in [0.1, 0.15) is 25.3 Å². The molecule has 0 radical (unpaired) electrons. The van der Waals surface area contributed by atoms with Crippen LogP contribution in [0, 0.1) is 11.8 Å². The number of amides is 2. The van der Waals surface area contributed by atoms with E-state index in [2.05, 4.69) is 6.08 Å². The fourth-order valence-electron chi connectivity index (χ4n) is 6.09. The summed E-state index contributed by atoms with van der Waals surface area (Å²) in [7, 11) is 3.11. The lowest BCUT2D eigenvalue weighted by atomic mass is 9.72. The molecule has 3 saturated heterocycles. The van der Waals surface area contributed by atoms with E-state index < -0.39 is 5.41 Å². The average molecular weight is 398 g/mol. The Kier molecular flexibility index (Phi) is 4.22. The lowest BCUT2D eigenvalue weighted by molar-refractivity contribution is -0.137. The Bertz CT molecular complexity index is 899. The number of allylic oxidation sites excluding steroid dienone is 1. The van der Waals surface area contributed by atoms with Gasteiger partial charge >= 0.3 is 0 Å². The second-order valence-electron chi connectivity index (χ2n) is 8.38. The number of anilines is 1. The highest BCUT2D eigenvalue weighted by Crippen LogP contribution is 2.57. The number of nitrogens with zero attached hydrogens (tertiary/aromatic N) is 2. The molecule has 1 aromatic carbocycles. The summed E-state index contributed by atoms with van der Waals surface area (Å²) in [4.78, 5) is 33.1. The number of methoxy groups -OCH3 is 1. The largest absolute Gasteiger partial charge is 0.497 e. The molecule has 7 nitrogen and oxygen atoms in total. The molecule has 0 aromatic heterocycles. The van der Waals surface area contributed by atoms with E-state index in [1.165, 1.54) is 17.7 Å². The summed E-state index contributed by atoms with van der Waals surface area (Å²) in [6.45, 7) is 3.23. The van der Waals surface area contributed by atoms with Crippen molar-refractivity contribution in [1.29, 1.82) is 0 Å². The second kappa shape index (κ2) is 6.57. The number of benzene rings is 1. The van der Waals surface area contributed by atoms with Crippen molar-refractivity contribution in [3.05, 3.63) is 35.4 Å². The molecule has 6 rings (SSSR count). The Hall–Kier alpha value is -2.38. The molecule has 0 N–H and O–H groups in total. The molecule has 4 aliphatic heterocycles. The van der Waals surface area contributed by atoms with Crippen molar-refractivity contribution in [2.24, 2.45) is 11.8 Å². The topological polar surface area (TPSA) is 68.3 Å². The van der Waals surface area contributed by atoms with E-state index in [4.69, 9.17) is 14.3 Å². The van der Waals surface area contributed by atoms with Crippen LogP contribution in [0.15, 0.2) is 29.8 Å². The first-order valence-electron chi connectivity index (χ1n) is 10.1. The fraction of sp³-hybridized carbons (Fsp3) is 0.545. The Morgan fingerprint density at radius 2 is 2.14 bits per heavy atom. The summed E-state index contributed by atoms with van der Waals surface area (Å²) < 4.78 is 11.7. The molecule has 4 fully saturated rings. The molecule has 7 heteroatoms. The minimum absolute atomic E-state index is 0.0376. The van der Waals surface area contributed by atoms with Crippen LogP contribution < -0.4 is 9.80 Å². The summed E-state index contributed by atoms with van der Waals surface area (Å²) >= 11 is 0. The Morgan fingerprint density at radius 1 is 1.31 bits per heavy atom. The average Bonchev–Trinajstić information content (AvgIpc) is 2.85. The van der Waals surface area contributed by atoms with Crippen LogP contribution >= 0.6 is 0 Å². The third-order valence-corrected chi connectivity index (χ3v) is 7.48. The third kappa shape index (κ3) is 2.31. The van der Waals surface area contributed by atoms with Gasteiger partial charge in [0.1, 0.15) is 11.2 Å². The van der Waals surface area contributed by atoms with Gasteiger partial charge < -0.3 is 14.4 Å². The summed E-state index contributed by atoms with van der Waals surface area (Å²) in [5.74, 6) is 1.10. The number of piperidine rings is 1. The van der Waals surface area contributed by atoms with E-state index >= 15 is 0 Å². The molecule has 1 saturated carbocycles. The van der Waals surface area contributed by atoms with Gasteiger partial charge in [0.05, 0.1) is 32.6 Å². The Labute approximate surface area is 170 Å². The van der Waals surface area contributed by atoms with Gasteiger partial charge in [0.25, 0.3) is 5.91 Å². The summed E-state index contributed by atoms with van der Waals surface area (Å²) in [5.41, 5.74) is 2.00. The van der Waals surface area contributed by atoms with E-state index in [9.17, 15) is 9.59 Å². The first-order valence-corrected chi connectivity index (χ1v) is 10.1. The molecule has 5 atom stereocenters. The molecule has 4 bridgehead atoms. The third-order valence-electron chi connectivity index (χ3n) is 7.48. The highest BCUT2D eigenvalue weighted by atomic mass is 16.7. The zero-order valence-electron chi connectivity index (χ0n) is 17.0. The Morgan fingerprint density at radius 3 is 2.83 bits per heavy atom. The van der Waals surface area contributed by atoms with Crippen molar-refractivity contribution in [1.82, 2.24) is 4.90 Å². The van der Waals surface area contributed by atoms with Gasteiger partial charge in [0.2, 0.25) is 6.41 Å². The number of carbonyl (C=O) groups is 2. The van der Waals surface area contributed by atoms with Crippen molar-refractivity contribution in [3.63, 3.8) is 0 Å². The SMILES string of the molecule is C/C=C1\CN(C=O)[C@H]2C[C@@]3(C(=O)N(OC)c4cc(OC)ccc43)[C@H]3C[C@@H]1[C@@H]2CO3. The number of hydrogen-bond donors (Lipinski definition) is 0. The summed E-state index contributed by atoms with van der Waals surface area (Å²) in [6.07, 6.45) is 4.13. The molecular formula is C22H26N2O5. The minimum Gasteiger partial charge on any atom is -0.497 e. The molecule has 154 valence electrons. The maximum Gasteiger partial charge on any atom is 0.264 e. The molecule has 1 spiro atoms. The molecule has 0 unspecified atom stereocenters. The van der Waals surface area contributed by atoms with Crippen LogP contribution in [0.2, 0.25) is 0 Å². The van der Waals surface area contributed by atoms with Gasteiger partial charge in [-0.15, -0.1) is 0 Å². The van der Waals surface area contributed by atoms with E-state index in [1.807, 2.05) is 30.0 Å². The standard InChI is InChI=1S/C22H26N2O5/c1-4-13-10-23(12-25)19-9-22(20-8-15(13)16(19)11-29-20)17-6-5-14(27-2)7-18(17)24(28-3)21(22)26/h4-7,12,15-16,19-20H,8-11H2,1-3H3/b13-4+/t15-,16-,19-,20+,22-/m0/s1. The van der Waals surface area contributed by atoms with Crippen molar-refractivity contribution in [2.75, 3.05) is 32.4 Å². The summed E-state index contributed by atoms with van der Waals surface area (Å²) in [5, 5.41) is 1.37. The van der Waals surface area contributed by atoms with Crippen molar-refractivity contribution in [3.8, 4) is 5.75 Å². The van der Waals surface area contributed by atoms with Gasteiger partial charge in [-0.3, -0.25) is 14.4 Å². The molecule has 2 amide bonds. The molecule has 4 heterocycles. The first-order chi connectivity index (χ1) is 14.1. The number of hydroxylamine groups is 1. The molecule has 1 aliphatic carbocycles. The molecule has 5 aliphatic rings. The number of likely N-dealkylation sites (tertiary alicyclic amines) is 1. The molecule has 29 heavy (non-hydrogen) atoms. The zero-order valence-corrected chi connectivity index (χ0v) is 17.0. The molecule has 1 aromatic rings. The highest BCUT2D eigenvalue weighted by Gasteiger charge is 2.64. The highest BCUT2D eigenvalue weighted by molar-refractivity contribution is 6.07. The number of fused-ring (bicyclic) bond motifs is 2. The van der Waals surface area contributed by atoms with E-state index in [-0.39, 0.29) is 24.0 Å². The lowest BCUT2D eigenvalue weighted by Crippen LogP contribution is -2.51. The summed E-state index contributed by atoms with van der Waals surface area (Å²) in [6, 6.07) is 5.64.